The van der Waals surface area contributed by atoms with Crippen LogP contribution in [0.15, 0.2) is 57.6 Å². The molecule has 35 heavy (non-hydrogen) atoms. The highest BCUT2D eigenvalue weighted by molar-refractivity contribution is 7.98. The summed E-state index contributed by atoms with van der Waals surface area (Å²) in [6, 6.07) is 11.8. The third-order valence-electron chi connectivity index (χ3n) is 5.46. The molecule has 0 bridgehead atoms. The summed E-state index contributed by atoms with van der Waals surface area (Å²) in [6.45, 7) is 1.20. The third-order valence-corrected chi connectivity index (χ3v) is 9.65. The van der Waals surface area contributed by atoms with Crippen molar-refractivity contribution in [1.82, 2.24) is 4.90 Å². The number of halogens is 4. The van der Waals surface area contributed by atoms with Crippen LogP contribution < -0.4 is 9.46 Å². The Morgan fingerprint density at radius 3 is 2.49 bits per heavy atom. The Kier molecular flexibility index (Phi) is 7.63. The van der Waals surface area contributed by atoms with Gasteiger partial charge in [-0.15, -0.1) is 23.1 Å². The lowest BCUT2D eigenvalue weighted by atomic mass is 10.1. The summed E-state index contributed by atoms with van der Waals surface area (Å²) in [5, 5.41) is 0.272. The number of alkyl halides is 3. The first-order valence-corrected chi connectivity index (χ1v) is 14.4. The number of thiophene rings is 1. The number of likely N-dealkylation sites (tertiary alicyclic amines) is 1. The van der Waals surface area contributed by atoms with Gasteiger partial charge in [-0.25, -0.2) is 8.42 Å². The first-order valence-electron chi connectivity index (χ1n) is 10.5. The average molecular weight is 563 g/mol. The fourth-order valence-corrected chi connectivity index (χ4v) is 7.00. The second kappa shape index (κ2) is 10.2. The second-order valence-corrected chi connectivity index (χ2v) is 12.3. The third kappa shape index (κ3) is 6.08. The SMILES string of the molecule is CSc1ccc(-c2sc(S(=O)(=O)Nc3ccc(C(F)(F)F)c(OC4CCN(C)C4)c3)cc2Cl)cc1. The maximum Gasteiger partial charge on any atom is 0.419 e. The molecule has 1 aliphatic heterocycles. The van der Waals surface area contributed by atoms with Gasteiger partial charge in [0, 0.05) is 24.1 Å². The summed E-state index contributed by atoms with van der Waals surface area (Å²) < 4.78 is 74.7. The molecule has 1 aliphatic rings. The van der Waals surface area contributed by atoms with Gasteiger partial charge in [0.1, 0.15) is 16.1 Å². The van der Waals surface area contributed by atoms with Gasteiger partial charge in [-0.3, -0.25) is 4.72 Å². The summed E-state index contributed by atoms with van der Waals surface area (Å²) in [6.07, 6.45) is -2.52. The summed E-state index contributed by atoms with van der Waals surface area (Å²) in [4.78, 5) is 3.60. The molecule has 1 unspecified atom stereocenters. The number of ether oxygens (including phenoxy) is 1. The van der Waals surface area contributed by atoms with Gasteiger partial charge in [0.05, 0.1) is 21.2 Å². The van der Waals surface area contributed by atoms with Crippen LogP contribution in [0.4, 0.5) is 18.9 Å². The molecular formula is C23H22ClF3N2O3S3. The van der Waals surface area contributed by atoms with Crippen molar-refractivity contribution in [2.75, 3.05) is 31.1 Å². The van der Waals surface area contributed by atoms with Gasteiger partial charge in [0.2, 0.25) is 0 Å². The predicted molar refractivity (Wildman–Crippen MR) is 135 cm³/mol. The van der Waals surface area contributed by atoms with Crippen LogP contribution in [0.25, 0.3) is 10.4 Å². The van der Waals surface area contributed by atoms with E-state index in [0.717, 1.165) is 40.0 Å². The van der Waals surface area contributed by atoms with E-state index in [0.29, 0.717) is 24.4 Å². The molecule has 0 saturated carbocycles. The van der Waals surface area contributed by atoms with E-state index < -0.39 is 33.6 Å². The molecule has 1 fully saturated rings. The molecule has 0 radical (unpaired) electrons. The largest absolute Gasteiger partial charge is 0.488 e. The molecule has 3 aromatic rings. The highest BCUT2D eigenvalue weighted by Crippen LogP contribution is 2.41. The standard InChI is InChI=1S/C23H22ClF3N2O3S3/c1-29-10-9-16(13-29)32-20-11-15(5-8-18(20)23(25,26)27)28-35(30,31)21-12-19(24)22(34-21)14-3-6-17(33-2)7-4-14/h3-8,11-12,16,28H,9-10,13H2,1-2H3. The van der Waals surface area contributed by atoms with Crippen LogP contribution in [0, 0.1) is 0 Å². The monoisotopic (exact) mass is 562 g/mol. The lowest BCUT2D eigenvalue weighted by Gasteiger charge is -2.19. The number of benzene rings is 2. The van der Waals surface area contributed by atoms with Crippen LogP contribution in [0.5, 0.6) is 5.75 Å². The van der Waals surface area contributed by atoms with Gasteiger partial charge in [-0.05, 0) is 55.6 Å². The van der Waals surface area contributed by atoms with E-state index in [1.807, 2.05) is 42.5 Å². The zero-order valence-corrected chi connectivity index (χ0v) is 21.9. The van der Waals surface area contributed by atoms with Crippen molar-refractivity contribution in [2.24, 2.45) is 0 Å². The van der Waals surface area contributed by atoms with Crippen LogP contribution in [-0.2, 0) is 16.2 Å². The fourth-order valence-electron chi connectivity index (χ4n) is 3.71. The number of sulfonamides is 1. The van der Waals surface area contributed by atoms with Crippen molar-refractivity contribution < 1.29 is 26.3 Å². The normalized spacial score (nSPS) is 17.0. The maximum atomic E-state index is 13.5. The van der Waals surface area contributed by atoms with Crippen LogP contribution >= 0.6 is 34.7 Å². The maximum absolute atomic E-state index is 13.5. The minimum Gasteiger partial charge on any atom is -0.488 e. The minimum absolute atomic E-state index is 0.0326. The van der Waals surface area contributed by atoms with E-state index in [1.165, 1.54) is 6.07 Å². The molecule has 5 nitrogen and oxygen atoms in total. The average Bonchev–Trinajstić information content (AvgIpc) is 3.38. The number of rotatable bonds is 7. The Hall–Kier alpha value is -1.92. The van der Waals surface area contributed by atoms with E-state index in [-0.39, 0.29) is 14.9 Å². The van der Waals surface area contributed by atoms with Gasteiger partial charge in [-0.1, -0.05) is 23.7 Å². The van der Waals surface area contributed by atoms with E-state index in [2.05, 4.69) is 4.72 Å². The zero-order chi connectivity index (χ0) is 25.4. The Balaban J connectivity index is 1.61. The van der Waals surface area contributed by atoms with Crippen molar-refractivity contribution in [3.05, 3.63) is 59.1 Å². The molecule has 1 aromatic heterocycles. The van der Waals surface area contributed by atoms with Crippen LogP contribution in [0.2, 0.25) is 5.02 Å². The first-order chi connectivity index (χ1) is 16.5. The number of likely N-dealkylation sites (N-methyl/N-ethyl adjacent to an activating group) is 1. The van der Waals surface area contributed by atoms with Gasteiger partial charge >= 0.3 is 6.18 Å². The van der Waals surface area contributed by atoms with Crippen LogP contribution in [0.3, 0.4) is 0 Å². The number of hydrogen-bond donors (Lipinski definition) is 1. The van der Waals surface area contributed by atoms with Gasteiger partial charge in [-0.2, -0.15) is 13.2 Å². The quantitative estimate of drug-likeness (QED) is 0.325. The number of nitrogens with one attached hydrogen (secondary N) is 1. The highest BCUT2D eigenvalue weighted by atomic mass is 35.5. The van der Waals surface area contributed by atoms with Gasteiger partial charge in [0.15, 0.2) is 0 Å². The van der Waals surface area contributed by atoms with Gasteiger partial charge < -0.3 is 9.64 Å². The molecule has 0 amide bonds. The van der Waals surface area contributed by atoms with Crippen LogP contribution in [-0.4, -0.2) is 45.8 Å². The topological polar surface area (TPSA) is 58.6 Å². The molecule has 1 atom stereocenters. The number of hydrogen-bond acceptors (Lipinski definition) is 6. The second-order valence-electron chi connectivity index (χ2n) is 8.08. The molecule has 12 heteroatoms. The predicted octanol–water partition coefficient (Wildman–Crippen LogP) is 6.69. The lowest BCUT2D eigenvalue weighted by molar-refractivity contribution is -0.139. The highest BCUT2D eigenvalue weighted by Gasteiger charge is 2.36. The Bertz CT molecular complexity index is 1310. The molecule has 0 spiro atoms. The van der Waals surface area contributed by atoms with Crippen molar-refractivity contribution in [3.8, 4) is 16.2 Å². The molecular weight excluding hydrogens is 541 g/mol. The number of thioether (sulfide) groups is 1. The molecule has 1 saturated heterocycles. The molecule has 2 aromatic carbocycles. The Morgan fingerprint density at radius 2 is 1.89 bits per heavy atom. The molecule has 4 rings (SSSR count). The fraction of sp³-hybridized carbons (Fsp3) is 0.304. The minimum atomic E-state index is -4.64. The van der Waals surface area contributed by atoms with E-state index in [4.69, 9.17) is 16.3 Å². The summed E-state index contributed by atoms with van der Waals surface area (Å²) in [5.74, 6) is -0.406. The summed E-state index contributed by atoms with van der Waals surface area (Å²) in [7, 11) is -2.24. The summed E-state index contributed by atoms with van der Waals surface area (Å²) in [5.41, 5.74) is -0.217. The van der Waals surface area contributed by atoms with Crippen molar-refractivity contribution in [2.45, 2.75) is 27.8 Å². The molecule has 188 valence electrons. The molecule has 1 N–H and O–H groups in total. The lowest BCUT2D eigenvalue weighted by Crippen LogP contribution is -2.23. The van der Waals surface area contributed by atoms with E-state index in [9.17, 15) is 21.6 Å². The smallest absolute Gasteiger partial charge is 0.419 e. The first kappa shape index (κ1) is 26.2. The van der Waals surface area contributed by atoms with Crippen molar-refractivity contribution >= 4 is 50.4 Å². The van der Waals surface area contributed by atoms with Crippen molar-refractivity contribution in [1.29, 1.82) is 0 Å². The van der Waals surface area contributed by atoms with Crippen LogP contribution in [0.1, 0.15) is 12.0 Å². The van der Waals surface area contributed by atoms with Crippen molar-refractivity contribution in [3.63, 3.8) is 0 Å². The Morgan fingerprint density at radius 1 is 1.17 bits per heavy atom. The number of nitrogens with zero attached hydrogens (tertiary/aromatic N) is 1. The van der Waals surface area contributed by atoms with E-state index in [1.54, 1.807) is 11.8 Å². The van der Waals surface area contributed by atoms with Gasteiger partial charge in [0.25, 0.3) is 10.0 Å². The molecule has 2 heterocycles. The van der Waals surface area contributed by atoms with E-state index >= 15 is 0 Å². The number of anilines is 1. The molecule has 0 aliphatic carbocycles. The summed E-state index contributed by atoms with van der Waals surface area (Å²) >= 11 is 8.90. The Labute approximate surface area is 215 Å². The zero-order valence-electron chi connectivity index (χ0n) is 18.7.